The van der Waals surface area contributed by atoms with Gasteiger partial charge in [0.1, 0.15) is 6.10 Å². The Balaban J connectivity index is 2.26. The lowest BCUT2D eigenvalue weighted by Gasteiger charge is -2.20. The number of nitrogens with one attached hydrogen (secondary N) is 1. The minimum atomic E-state index is -0.321. The van der Waals surface area contributed by atoms with Gasteiger partial charge in [-0.3, -0.25) is 9.59 Å². The zero-order valence-corrected chi connectivity index (χ0v) is 9.90. The van der Waals surface area contributed by atoms with Crippen LogP contribution in [0.15, 0.2) is 24.3 Å². The van der Waals surface area contributed by atoms with Crippen molar-refractivity contribution in [3.8, 4) is 0 Å². The number of benzene rings is 1. The second-order valence-corrected chi connectivity index (χ2v) is 4.23. The summed E-state index contributed by atoms with van der Waals surface area (Å²) in [6, 6.07) is 7.59. The predicted octanol–water partition coefficient (Wildman–Crippen LogP) is 1.35. The molecule has 0 fully saturated rings. The van der Waals surface area contributed by atoms with Crippen LogP contribution in [0.5, 0.6) is 0 Å². The van der Waals surface area contributed by atoms with Crippen LogP contribution in [0.1, 0.15) is 31.0 Å². The van der Waals surface area contributed by atoms with Gasteiger partial charge >= 0.3 is 5.97 Å². The van der Waals surface area contributed by atoms with Gasteiger partial charge < -0.3 is 10.1 Å². The first-order chi connectivity index (χ1) is 8.08. The fourth-order valence-electron chi connectivity index (χ4n) is 2.27. The zero-order valence-electron chi connectivity index (χ0n) is 9.90. The van der Waals surface area contributed by atoms with Gasteiger partial charge in [0.2, 0.25) is 5.91 Å². The molecule has 90 valence electrons. The number of fused-ring (bicyclic) bond motifs is 1. The van der Waals surface area contributed by atoms with Crippen molar-refractivity contribution in [3.05, 3.63) is 35.4 Å². The molecule has 1 aliphatic rings. The van der Waals surface area contributed by atoms with Crippen LogP contribution in [0.4, 0.5) is 0 Å². The molecule has 0 bridgehead atoms. The van der Waals surface area contributed by atoms with E-state index in [1.54, 1.807) is 0 Å². The topological polar surface area (TPSA) is 55.4 Å². The molecule has 4 heteroatoms. The molecule has 0 aromatic heterocycles. The Bertz CT molecular complexity index is 456. The molecule has 1 aromatic carbocycles. The lowest BCUT2D eigenvalue weighted by atomic mass is 10.1. The Morgan fingerprint density at radius 2 is 2.00 bits per heavy atom. The molecular weight excluding hydrogens is 218 g/mol. The van der Waals surface area contributed by atoms with E-state index in [9.17, 15) is 9.59 Å². The molecule has 0 aliphatic heterocycles. The van der Waals surface area contributed by atoms with Gasteiger partial charge in [0.25, 0.3) is 0 Å². The fourth-order valence-corrected chi connectivity index (χ4v) is 2.27. The molecule has 0 radical (unpaired) electrons. The fraction of sp³-hybridized carbons (Fsp3) is 0.385. The third kappa shape index (κ3) is 2.46. The van der Waals surface area contributed by atoms with E-state index in [-0.39, 0.29) is 24.0 Å². The average Bonchev–Trinajstić information content (AvgIpc) is 2.55. The van der Waals surface area contributed by atoms with Gasteiger partial charge in [0.15, 0.2) is 0 Å². The van der Waals surface area contributed by atoms with E-state index in [4.69, 9.17) is 4.74 Å². The Morgan fingerprint density at radius 1 is 1.29 bits per heavy atom. The molecule has 1 aliphatic carbocycles. The van der Waals surface area contributed by atoms with Crippen molar-refractivity contribution in [1.29, 1.82) is 0 Å². The number of hydrogen-bond donors (Lipinski definition) is 1. The van der Waals surface area contributed by atoms with Crippen LogP contribution in [0.2, 0.25) is 0 Å². The molecular formula is C13H15NO3. The first kappa shape index (κ1) is 11.6. The lowest BCUT2D eigenvalue weighted by molar-refractivity contribution is -0.148. The van der Waals surface area contributed by atoms with Crippen molar-refractivity contribution in [2.24, 2.45) is 0 Å². The van der Waals surface area contributed by atoms with Gasteiger partial charge in [0.05, 0.1) is 6.04 Å². The van der Waals surface area contributed by atoms with E-state index in [2.05, 4.69) is 5.32 Å². The molecule has 4 nitrogen and oxygen atoms in total. The predicted molar refractivity (Wildman–Crippen MR) is 62.3 cm³/mol. The third-order valence-electron chi connectivity index (χ3n) is 2.86. The van der Waals surface area contributed by atoms with Crippen molar-refractivity contribution in [1.82, 2.24) is 5.32 Å². The minimum Gasteiger partial charge on any atom is -0.460 e. The monoisotopic (exact) mass is 233 g/mol. The molecule has 0 saturated carbocycles. The summed E-state index contributed by atoms with van der Waals surface area (Å²) in [6.45, 7) is 2.85. The van der Waals surface area contributed by atoms with Crippen LogP contribution >= 0.6 is 0 Å². The molecule has 0 heterocycles. The van der Waals surface area contributed by atoms with Crippen LogP contribution in [-0.4, -0.2) is 18.0 Å². The summed E-state index contributed by atoms with van der Waals surface area (Å²) in [4.78, 5) is 22.2. The van der Waals surface area contributed by atoms with Gasteiger partial charge in [-0.15, -0.1) is 0 Å². The molecule has 17 heavy (non-hydrogen) atoms. The Kier molecular flexibility index (Phi) is 3.13. The third-order valence-corrected chi connectivity index (χ3v) is 2.86. The summed E-state index contributed by atoms with van der Waals surface area (Å²) in [5, 5.41) is 2.84. The number of esters is 1. The zero-order chi connectivity index (χ0) is 12.4. The molecule has 2 rings (SSSR count). The maximum atomic E-state index is 11.2. The van der Waals surface area contributed by atoms with Gasteiger partial charge in [-0.1, -0.05) is 24.3 Å². The van der Waals surface area contributed by atoms with Crippen molar-refractivity contribution < 1.29 is 14.3 Å². The number of amides is 1. The van der Waals surface area contributed by atoms with Crippen molar-refractivity contribution >= 4 is 11.9 Å². The van der Waals surface area contributed by atoms with Crippen LogP contribution < -0.4 is 5.32 Å². The molecule has 0 saturated heterocycles. The summed E-state index contributed by atoms with van der Waals surface area (Å²) in [7, 11) is 0. The number of hydrogen-bond acceptors (Lipinski definition) is 3. The highest BCUT2D eigenvalue weighted by atomic mass is 16.5. The number of carbonyl (C=O) groups excluding carboxylic acids is 2. The summed E-state index contributed by atoms with van der Waals surface area (Å²) in [5.41, 5.74) is 2.16. The van der Waals surface area contributed by atoms with Crippen LogP contribution in [0, 0.1) is 0 Å². The second-order valence-electron chi connectivity index (χ2n) is 4.23. The minimum absolute atomic E-state index is 0.121. The largest absolute Gasteiger partial charge is 0.460 e. The van der Waals surface area contributed by atoms with Gasteiger partial charge in [0, 0.05) is 20.3 Å². The van der Waals surface area contributed by atoms with E-state index in [0.717, 1.165) is 11.1 Å². The summed E-state index contributed by atoms with van der Waals surface area (Å²) < 4.78 is 5.25. The van der Waals surface area contributed by atoms with Crippen LogP contribution in [0.25, 0.3) is 0 Å². The first-order valence-electron chi connectivity index (χ1n) is 5.60. The van der Waals surface area contributed by atoms with E-state index >= 15 is 0 Å². The Hall–Kier alpha value is -1.84. The molecule has 1 amide bonds. The van der Waals surface area contributed by atoms with Crippen LogP contribution in [0.3, 0.4) is 0 Å². The van der Waals surface area contributed by atoms with E-state index in [1.807, 2.05) is 24.3 Å². The van der Waals surface area contributed by atoms with Crippen molar-refractivity contribution in [3.63, 3.8) is 0 Å². The Labute approximate surface area is 100.0 Å². The normalized spacial score (nSPS) is 21.8. The highest BCUT2D eigenvalue weighted by Crippen LogP contribution is 2.33. The van der Waals surface area contributed by atoms with Crippen molar-refractivity contribution in [2.45, 2.75) is 32.4 Å². The van der Waals surface area contributed by atoms with E-state index < -0.39 is 0 Å². The maximum absolute atomic E-state index is 11.2. The summed E-state index contributed by atoms with van der Waals surface area (Å²) >= 11 is 0. The number of carbonyl (C=O) groups is 2. The first-order valence-corrected chi connectivity index (χ1v) is 5.60. The van der Waals surface area contributed by atoms with Crippen molar-refractivity contribution in [2.75, 3.05) is 0 Å². The van der Waals surface area contributed by atoms with Gasteiger partial charge in [-0.05, 0) is 11.1 Å². The van der Waals surface area contributed by atoms with Crippen LogP contribution in [-0.2, 0) is 20.7 Å². The average molecular weight is 233 g/mol. The summed E-state index contributed by atoms with van der Waals surface area (Å²) in [5.74, 6) is -0.443. The summed E-state index contributed by atoms with van der Waals surface area (Å²) in [6.07, 6.45) is 0.356. The smallest absolute Gasteiger partial charge is 0.302 e. The molecule has 1 N–H and O–H groups in total. The number of rotatable bonds is 2. The highest BCUT2D eigenvalue weighted by Gasteiger charge is 2.34. The lowest BCUT2D eigenvalue weighted by Crippen LogP contribution is -2.34. The molecule has 1 aromatic rings. The van der Waals surface area contributed by atoms with E-state index in [1.165, 1.54) is 13.8 Å². The van der Waals surface area contributed by atoms with Gasteiger partial charge in [-0.2, -0.15) is 0 Å². The van der Waals surface area contributed by atoms with Gasteiger partial charge in [-0.25, -0.2) is 0 Å². The quantitative estimate of drug-likeness (QED) is 0.784. The molecule has 0 spiro atoms. The molecule has 2 atom stereocenters. The second kappa shape index (κ2) is 4.57. The molecule has 0 unspecified atom stereocenters. The number of ether oxygens (including phenoxy) is 1. The maximum Gasteiger partial charge on any atom is 0.302 e. The SMILES string of the molecule is CC(=O)N[C@@H]1c2ccccc2C[C@@H]1OC(C)=O. The van der Waals surface area contributed by atoms with E-state index in [0.29, 0.717) is 6.42 Å². The highest BCUT2D eigenvalue weighted by molar-refractivity contribution is 5.74. The standard InChI is InChI=1S/C13H15NO3/c1-8(15)14-13-11-6-4-3-5-10(11)7-12(13)17-9(2)16/h3-6,12-13H,7H2,1-2H3,(H,14,15)/t12-,13+/m0/s1. The Morgan fingerprint density at radius 3 is 2.65 bits per heavy atom.